The lowest BCUT2D eigenvalue weighted by Crippen LogP contribution is -1.90. The first-order valence-electron chi connectivity index (χ1n) is 4.10. The topological polar surface area (TPSA) is 34.1 Å². The molecule has 0 aliphatic carbocycles. The molecule has 0 aromatic carbocycles. The van der Waals surface area contributed by atoms with Crippen molar-refractivity contribution in [3.63, 3.8) is 0 Å². The Bertz CT molecular complexity index is 212. The summed E-state index contributed by atoms with van der Waals surface area (Å²) in [4.78, 5) is 21.3. The minimum atomic E-state index is -0.110. The summed E-state index contributed by atoms with van der Waals surface area (Å²) in [6.45, 7) is 3.80. The normalized spacial score (nSPS) is 12.0. The molecular weight excluding hydrogens is 152 g/mol. The number of hydrogen-bond acceptors (Lipinski definition) is 2. The van der Waals surface area contributed by atoms with Gasteiger partial charge in [-0.25, -0.2) is 0 Å². The average molecular weight is 166 g/mol. The fourth-order valence-corrected chi connectivity index (χ4v) is 0.684. The van der Waals surface area contributed by atoms with E-state index in [0.717, 1.165) is 12.7 Å². The molecule has 0 saturated carbocycles. The highest BCUT2D eigenvalue weighted by molar-refractivity contribution is 6.02. The first kappa shape index (κ1) is 10.8. The van der Waals surface area contributed by atoms with Gasteiger partial charge in [-0.05, 0) is 30.6 Å². The lowest BCUT2D eigenvalue weighted by Gasteiger charge is -1.89. The maximum absolute atomic E-state index is 11.0. The average Bonchev–Trinajstić information content (AvgIpc) is 2.10. The number of hydrogen-bond donors (Lipinski definition) is 0. The first-order chi connectivity index (χ1) is 5.74. The van der Waals surface area contributed by atoms with Gasteiger partial charge in [0, 0.05) is 0 Å². The Morgan fingerprint density at radius 3 is 2.42 bits per heavy atom. The van der Waals surface area contributed by atoms with Crippen LogP contribution in [-0.2, 0) is 9.59 Å². The molecule has 0 aliphatic rings. The molecule has 0 heterocycles. The van der Waals surface area contributed by atoms with Crippen molar-refractivity contribution < 1.29 is 9.59 Å². The van der Waals surface area contributed by atoms with Gasteiger partial charge in [0.25, 0.3) is 0 Å². The standard InChI is InChI=1S/C10H14O2/c1-3-5-6-10(12)7-9(4-2)8-11/h5-8H,3-4H2,1-2H3/b6-5+,9-7-. The van der Waals surface area contributed by atoms with Crippen molar-refractivity contribution in [1.82, 2.24) is 0 Å². The molecule has 12 heavy (non-hydrogen) atoms. The largest absolute Gasteiger partial charge is 0.298 e. The minimum Gasteiger partial charge on any atom is -0.298 e. The van der Waals surface area contributed by atoms with Crippen LogP contribution in [0.1, 0.15) is 26.7 Å². The molecule has 0 bridgehead atoms. The van der Waals surface area contributed by atoms with Crippen molar-refractivity contribution in [3.05, 3.63) is 23.8 Å². The van der Waals surface area contributed by atoms with Crippen LogP contribution in [0.25, 0.3) is 0 Å². The molecule has 0 atom stereocenters. The number of rotatable bonds is 5. The number of carbonyl (C=O) groups is 2. The van der Waals surface area contributed by atoms with Gasteiger partial charge in [-0.1, -0.05) is 19.9 Å². The van der Waals surface area contributed by atoms with Gasteiger partial charge in [0.1, 0.15) is 6.29 Å². The second-order valence-electron chi connectivity index (χ2n) is 2.40. The quantitative estimate of drug-likeness (QED) is 0.462. The van der Waals surface area contributed by atoms with E-state index in [1.54, 1.807) is 6.08 Å². The van der Waals surface area contributed by atoms with E-state index < -0.39 is 0 Å². The summed E-state index contributed by atoms with van der Waals surface area (Å²) in [5.41, 5.74) is 0.542. The van der Waals surface area contributed by atoms with Crippen LogP contribution in [0, 0.1) is 0 Å². The van der Waals surface area contributed by atoms with Crippen LogP contribution in [0.15, 0.2) is 23.8 Å². The van der Waals surface area contributed by atoms with E-state index in [2.05, 4.69) is 0 Å². The van der Waals surface area contributed by atoms with Gasteiger partial charge in [-0.3, -0.25) is 9.59 Å². The maximum Gasteiger partial charge on any atom is 0.178 e. The molecular formula is C10H14O2. The van der Waals surface area contributed by atoms with Gasteiger partial charge < -0.3 is 0 Å². The zero-order chi connectivity index (χ0) is 9.40. The van der Waals surface area contributed by atoms with Crippen LogP contribution < -0.4 is 0 Å². The third-order valence-electron chi connectivity index (χ3n) is 1.41. The van der Waals surface area contributed by atoms with E-state index in [0.29, 0.717) is 12.0 Å². The molecule has 0 spiro atoms. The third kappa shape index (κ3) is 4.61. The van der Waals surface area contributed by atoms with Crippen molar-refractivity contribution in [2.24, 2.45) is 0 Å². The van der Waals surface area contributed by atoms with Crippen molar-refractivity contribution >= 4 is 12.1 Å². The van der Waals surface area contributed by atoms with Crippen LogP contribution in [0.5, 0.6) is 0 Å². The second kappa shape index (κ2) is 6.53. The van der Waals surface area contributed by atoms with Crippen LogP contribution in [0.3, 0.4) is 0 Å². The molecule has 0 unspecified atom stereocenters. The summed E-state index contributed by atoms with van der Waals surface area (Å²) in [7, 11) is 0. The fourth-order valence-electron chi connectivity index (χ4n) is 0.684. The highest BCUT2D eigenvalue weighted by Crippen LogP contribution is 1.96. The second-order valence-corrected chi connectivity index (χ2v) is 2.40. The highest BCUT2D eigenvalue weighted by atomic mass is 16.1. The van der Waals surface area contributed by atoms with Crippen LogP contribution in [0.2, 0.25) is 0 Å². The Balaban J connectivity index is 4.20. The van der Waals surface area contributed by atoms with Crippen LogP contribution in [-0.4, -0.2) is 12.1 Å². The van der Waals surface area contributed by atoms with E-state index in [-0.39, 0.29) is 5.78 Å². The maximum atomic E-state index is 11.0. The third-order valence-corrected chi connectivity index (χ3v) is 1.41. The van der Waals surface area contributed by atoms with E-state index in [4.69, 9.17) is 0 Å². The molecule has 0 fully saturated rings. The smallest absolute Gasteiger partial charge is 0.178 e. The van der Waals surface area contributed by atoms with Gasteiger partial charge in [-0.15, -0.1) is 0 Å². The van der Waals surface area contributed by atoms with Crippen molar-refractivity contribution in [3.8, 4) is 0 Å². The molecule has 0 aliphatic heterocycles. The van der Waals surface area contributed by atoms with Crippen molar-refractivity contribution in [2.75, 3.05) is 0 Å². The molecule has 0 radical (unpaired) electrons. The monoisotopic (exact) mass is 166 g/mol. The van der Waals surface area contributed by atoms with Gasteiger partial charge in [0.05, 0.1) is 0 Å². The van der Waals surface area contributed by atoms with Crippen LogP contribution in [0.4, 0.5) is 0 Å². The zero-order valence-corrected chi connectivity index (χ0v) is 7.54. The molecule has 66 valence electrons. The molecule has 2 nitrogen and oxygen atoms in total. The summed E-state index contributed by atoms with van der Waals surface area (Å²) in [6, 6.07) is 0. The molecule has 0 saturated heterocycles. The van der Waals surface area contributed by atoms with Gasteiger partial charge in [-0.2, -0.15) is 0 Å². The lowest BCUT2D eigenvalue weighted by atomic mass is 10.2. The summed E-state index contributed by atoms with van der Waals surface area (Å²) in [5.74, 6) is -0.110. The summed E-state index contributed by atoms with van der Waals surface area (Å²) in [5, 5.41) is 0. The zero-order valence-electron chi connectivity index (χ0n) is 7.54. The van der Waals surface area contributed by atoms with E-state index in [9.17, 15) is 9.59 Å². The first-order valence-corrected chi connectivity index (χ1v) is 4.10. The van der Waals surface area contributed by atoms with E-state index in [1.165, 1.54) is 12.2 Å². The van der Waals surface area contributed by atoms with Gasteiger partial charge in [0.15, 0.2) is 5.78 Å². The predicted octanol–water partition coefficient (Wildman–Crippen LogP) is 2.06. The molecule has 0 rings (SSSR count). The molecule has 0 aromatic heterocycles. The number of carbonyl (C=O) groups excluding carboxylic acids is 2. The summed E-state index contributed by atoms with van der Waals surface area (Å²) < 4.78 is 0. The molecule has 2 heteroatoms. The van der Waals surface area contributed by atoms with Crippen molar-refractivity contribution in [1.29, 1.82) is 0 Å². The van der Waals surface area contributed by atoms with Crippen LogP contribution >= 0.6 is 0 Å². The van der Waals surface area contributed by atoms with E-state index >= 15 is 0 Å². The Morgan fingerprint density at radius 2 is 2.00 bits per heavy atom. The van der Waals surface area contributed by atoms with Gasteiger partial charge >= 0.3 is 0 Å². The molecule has 0 N–H and O–H groups in total. The fraction of sp³-hybridized carbons (Fsp3) is 0.400. The molecule has 0 amide bonds. The lowest BCUT2D eigenvalue weighted by molar-refractivity contribution is -0.111. The number of allylic oxidation sites excluding steroid dienone is 4. The Hall–Kier alpha value is -1.18. The Kier molecular flexibility index (Phi) is 5.88. The highest BCUT2D eigenvalue weighted by Gasteiger charge is 1.94. The predicted molar refractivity (Wildman–Crippen MR) is 48.9 cm³/mol. The van der Waals surface area contributed by atoms with E-state index in [1.807, 2.05) is 13.8 Å². The number of ketones is 1. The Labute approximate surface area is 73.0 Å². The Morgan fingerprint density at radius 1 is 1.33 bits per heavy atom. The SMILES string of the molecule is CC/C=C/C(=O)/C=C(\C=O)CC. The summed E-state index contributed by atoms with van der Waals surface area (Å²) in [6.07, 6.45) is 6.80. The van der Waals surface area contributed by atoms with Gasteiger partial charge in [0.2, 0.25) is 0 Å². The minimum absolute atomic E-state index is 0.110. The number of aldehydes is 1. The summed E-state index contributed by atoms with van der Waals surface area (Å²) >= 11 is 0. The van der Waals surface area contributed by atoms with Crippen molar-refractivity contribution in [2.45, 2.75) is 26.7 Å². The molecule has 0 aromatic rings.